The van der Waals surface area contributed by atoms with Crippen LogP contribution in [-0.4, -0.2) is 19.6 Å². The molecule has 0 aromatic heterocycles. The lowest BCUT2D eigenvalue weighted by Crippen LogP contribution is -2.29. The van der Waals surface area contributed by atoms with E-state index in [0.29, 0.717) is 0 Å². The normalized spacial score (nSPS) is 16.0. The van der Waals surface area contributed by atoms with E-state index in [2.05, 4.69) is 42.3 Å². The van der Waals surface area contributed by atoms with Crippen molar-refractivity contribution >= 4 is 5.69 Å². The van der Waals surface area contributed by atoms with E-state index in [9.17, 15) is 0 Å². The van der Waals surface area contributed by atoms with E-state index in [1.807, 2.05) is 0 Å². The third-order valence-electron chi connectivity index (χ3n) is 2.94. The molecular formula is C13H20N2. The van der Waals surface area contributed by atoms with Gasteiger partial charge in [-0.1, -0.05) is 24.6 Å². The van der Waals surface area contributed by atoms with E-state index in [0.717, 1.165) is 26.2 Å². The molecule has 1 N–H and O–H groups in total. The molecule has 0 amide bonds. The predicted molar refractivity (Wildman–Crippen MR) is 65.4 cm³/mol. The molecule has 1 aliphatic rings. The molecule has 15 heavy (non-hydrogen) atoms. The summed E-state index contributed by atoms with van der Waals surface area (Å²) < 4.78 is 0. The van der Waals surface area contributed by atoms with Gasteiger partial charge in [-0.2, -0.15) is 0 Å². The summed E-state index contributed by atoms with van der Waals surface area (Å²) in [5.74, 6) is 0. The Kier molecular flexibility index (Phi) is 3.27. The molecule has 1 aliphatic heterocycles. The standard InChI is InChI=1S/C13H20N2/c1-3-7-15-8-6-14-10-12-9-11(2)4-5-13(12)15/h4-5,9,14H,3,6-8,10H2,1-2H3. The number of aryl methyl sites for hydroxylation is 1. The summed E-state index contributed by atoms with van der Waals surface area (Å²) in [6.45, 7) is 8.80. The number of hydrogen-bond donors (Lipinski definition) is 1. The van der Waals surface area contributed by atoms with Gasteiger partial charge in [-0.15, -0.1) is 0 Å². The number of rotatable bonds is 2. The van der Waals surface area contributed by atoms with Crippen molar-refractivity contribution in [3.05, 3.63) is 29.3 Å². The minimum atomic E-state index is 1.01. The van der Waals surface area contributed by atoms with Crippen LogP contribution >= 0.6 is 0 Å². The van der Waals surface area contributed by atoms with Crippen molar-refractivity contribution in [2.24, 2.45) is 0 Å². The lowest BCUT2D eigenvalue weighted by molar-refractivity contribution is 0.683. The van der Waals surface area contributed by atoms with Crippen molar-refractivity contribution in [2.75, 3.05) is 24.5 Å². The van der Waals surface area contributed by atoms with Crippen molar-refractivity contribution in [3.8, 4) is 0 Å². The van der Waals surface area contributed by atoms with Gasteiger partial charge in [0.15, 0.2) is 0 Å². The Morgan fingerprint density at radius 1 is 1.40 bits per heavy atom. The van der Waals surface area contributed by atoms with E-state index >= 15 is 0 Å². The Labute approximate surface area is 92.3 Å². The first-order valence-electron chi connectivity index (χ1n) is 5.86. The first-order chi connectivity index (χ1) is 7.31. The molecule has 0 fully saturated rings. The summed E-state index contributed by atoms with van der Waals surface area (Å²) in [4.78, 5) is 2.49. The third-order valence-corrected chi connectivity index (χ3v) is 2.94. The number of hydrogen-bond acceptors (Lipinski definition) is 2. The lowest BCUT2D eigenvalue weighted by Gasteiger charge is -2.24. The minimum Gasteiger partial charge on any atom is -0.370 e. The number of benzene rings is 1. The molecule has 0 radical (unpaired) electrons. The lowest BCUT2D eigenvalue weighted by atomic mass is 10.1. The van der Waals surface area contributed by atoms with Crippen LogP contribution in [0.25, 0.3) is 0 Å². The van der Waals surface area contributed by atoms with Gasteiger partial charge >= 0.3 is 0 Å². The molecule has 0 atom stereocenters. The molecule has 0 unspecified atom stereocenters. The molecule has 1 aromatic rings. The van der Waals surface area contributed by atoms with Gasteiger partial charge in [0.1, 0.15) is 0 Å². The van der Waals surface area contributed by atoms with Crippen molar-refractivity contribution in [3.63, 3.8) is 0 Å². The van der Waals surface area contributed by atoms with Crippen LogP contribution in [0.4, 0.5) is 5.69 Å². The van der Waals surface area contributed by atoms with E-state index in [4.69, 9.17) is 0 Å². The number of nitrogens with zero attached hydrogens (tertiary/aromatic N) is 1. The summed E-state index contributed by atoms with van der Waals surface area (Å²) in [5.41, 5.74) is 4.22. The zero-order chi connectivity index (χ0) is 10.7. The molecule has 0 saturated heterocycles. The number of nitrogens with one attached hydrogen (secondary N) is 1. The van der Waals surface area contributed by atoms with Gasteiger partial charge in [-0.3, -0.25) is 0 Å². The second-order valence-corrected chi connectivity index (χ2v) is 4.30. The highest BCUT2D eigenvalue weighted by Crippen LogP contribution is 2.23. The Balaban J connectivity index is 2.32. The quantitative estimate of drug-likeness (QED) is 0.795. The van der Waals surface area contributed by atoms with Gasteiger partial charge in [0.25, 0.3) is 0 Å². The first-order valence-corrected chi connectivity index (χ1v) is 5.86. The van der Waals surface area contributed by atoms with Gasteiger partial charge in [0, 0.05) is 31.9 Å². The van der Waals surface area contributed by atoms with Gasteiger partial charge in [-0.05, 0) is 25.0 Å². The molecular weight excluding hydrogens is 184 g/mol. The van der Waals surface area contributed by atoms with Gasteiger partial charge in [0.2, 0.25) is 0 Å². The fourth-order valence-corrected chi connectivity index (χ4v) is 2.22. The highest BCUT2D eigenvalue weighted by atomic mass is 15.2. The zero-order valence-corrected chi connectivity index (χ0v) is 9.71. The molecule has 1 heterocycles. The average molecular weight is 204 g/mol. The highest BCUT2D eigenvalue weighted by Gasteiger charge is 2.13. The second kappa shape index (κ2) is 4.67. The Morgan fingerprint density at radius 2 is 2.27 bits per heavy atom. The van der Waals surface area contributed by atoms with Gasteiger partial charge < -0.3 is 10.2 Å². The largest absolute Gasteiger partial charge is 0.370 e. The number of fused-ring (bicyclic) bond motifs is 1. The maximum Gasteiger partial charge on any atom is 0.0412 e. The first kappa shape index (κ1) is 10.5. The van der Waals surface area contributed by atoms with Crippen LogP contribution in [0, 0.1) is 6.92 Å². The summed E-state index contributed by atoms with van der Waals surface area (Å²) in [6.07, 6.45) is 1.22. The molecule has 2 heteroatoms. The Hall–Kier alpha value is -1.02. The van der Waals surface area contributed by atoms with Crippen LogP contribution in [0.15, 0.2) is 18.2 Å². The molecule has 2 nitrogen and oxygen atoms in total. The Bertz CT molecular complexity index is 333. The third kappa shape index (κ3) is 2.32. The maximum absolute atomic E-state index is 3.48. The monoisotopic (exact) mass is 204 g/mol. The smallest absolute Gasteiger partial charge is 0.0412 e. The summed E-state index contributed by atoms with van der Waals surface area (Å²) in [6, 6.07) is 6.79. The topological polar surface area (TPSA) is 15.3 Å². The van der Waals surface area contributed by atoms with Crippen LogP contribution in [0.3, 0.4) is 0 Å². The fraction of sp³-hybridized carbons (Fsp3) is 0.538. The van der Waals surface area contributed by atoms with Crippen LogP contribution in [0.5, 0.6) is 0 Å². The van der Waals surface area contributed by atoms with Crippen LogP contribution in [-0.2, 0) is 6.54 Å². The molecule has 2 rings (SSSR count). The van der Waals surface area contributed by atoms with Gasteiger partial charge in [0.05, 0.1) is 0 Å². The molecule has 0 aliphatic carbocycles. The van der Waals surface area contributed by atoms with E-state index < -0.39 is 0 Å². The molecule has 1 aromatic carbocycles. The Morgan fingerprint density at radius 3 is 3.07 bits per heavy atom. The molecule has 0 saturated carbocycles. The van der Waals surface area contributed by atoms with Crippen LogP contribution in [0.1, 0.15) is 24.5 Å². The molecule has 82 valence electrons. The zero-order valence-electron chi connectivity index (χ0n) is 9.71. The molecule has 0 spiro atoms. The van der Waals surface area contributed by atoms with Crippen LogP contribution in [0.2, 0.25) is 0 Å². The minimum absolute atomic E-state index is 1.01. The van der Waals surface area contributed by atoms with Crippen molar-refractivity contribution in [2.45, 2.75) is 26.8 Å². The van der Waals surface area contributed by atoms with Crippen molar-refractivity contribution < 1.29 is 0 Å². The van der Waals surface area contributed by atoms with E-state index in [1.165, 1.54) is 23.2 Å². The van der Waals surface area contributed by atoms with E-state index in [1.54, 1.807) is 0 Å². The van der Waals surface area contributed by atoms with Gasteiger partial charge in [-0.25, -0.2) is 0 Å². The highest BCUT2D eigenvalue weighted by molar-refractivity contribution is 5.55. The van der Waals surface area contributed by atoms with Crippen molar-refractivity contribution in [1.29, 1.82) is 0 Å². The fourth-order valence-electron chi connectivity index (χ4n) is 2.22. The SMILES string of the molecule is CCCN1CCNCc2cc(C)ccc21. The number of anilines is 1. The maximum atomic E-state index is 3.48. The van der Waals surface area contributed by atoms with Crippen LogP contribution < -0.4 is 10.2 Å². The predicted octanol–water partition coefficient (Wildman–Crippen LogP) is 2.31. The summed E-state index contributed by atoms with van der Waals surface area (Å²) in [5, 5.41) is 3.48. The summed E-state index contributed by atoms with van der Waals surface area (Å²) in [7, 11) is 0. The summed E-state index contributed by atoms with van der Waals surface area (Å²) >= 11 is 0. The second-order valence-electron chi connectivity index (χ2n) is 4.30. The molecule has 0 bridgehead atoms. The van der Waals surface area contributed by atoms with E-state index in [-0.39, 0.29) is 0 Å². The van der Waals surface area contributed by atoms with Crippen molar-refractivity contribution in [1.82, 2.24) is 5.32 Å². The average Bonchev–Trinajstić information content (AvgIpc) is 2.41.